The van der Waals surface area contributed by atoms with Gasteiger partial charge in [0.05, 0.1) is 5.92 Å². The summed E-state index contributed by atoms with van der Waals surface area (Å²) in [4.78, 5) is 27.4. The first-order valence-corrected chi connectivity index (χ1v) is 7.65. The van der Waals surface area contributed by atoms with Crippen molar-refractivity contribution in [3.63, 3.8) is 0 Å². The molecule has 1 fully saturated rings. The van der Waals surface area contributed by atoms with Gasteiger partial charge in [-0.3, -0.25) is 9.59 Å². The van der Waals surface area contributed by atoms with Crippen molar-refractivity contribution < 1.29 is 9.59 Å². The van der Waals surface area contributed by atoms with Crippen LogP contribution in [0.3, 0.4) is 0 Å². The molecule has 6 heteroatoms. The molecular formula is C15H18Cl2N2O2. The van der Waals surface area contributed by atoms with Gasteiger partial charge in [-0.05, 0) is 19.1 Å². The second-order valence-corrected chi connectivity index (χ2v) is 6.00. The van der Waals surface area contributed by atoms with Crippen molar-refractivity contribution in [2.24, 2.45) is 0 Å². The molecule has 21 heavy (non-hydrogen) atoms. The van der Waals surface area contributed by atoms with Crippen LogP contribution in [0.1, 0.15) is 25.3 Å². The molecule has 1 aliphatic heterocycles. The summed E-state index contributed by atoms with van der Waals surface area (Å²) in [5.41, 5.74) is 0.667. The number of piperazine rings is 1. The fourth-order valence-corrected chi connectivity index (χ4v) is 3.29. The highest BCUT2D eigenvalue weighted by Gasteiger charge is 2.28. The molecule has 2 amide bonds. The van der Waals surface area contributed by atoms with Crippen molar-refractivity contribution in [1.29, 1.82) is 0 Å². The minimum Gasteiger partial charge on any atom is -0.339 e. The number of hydrogen-bond acceptors (Lipinski definition) is 2. The van der Waals surface area contributed by atoms with Crippen LogP contribution in [0.5, 0.6) is 0 Å². The lowest BCUT2D eigenvalue weighted by Gasteiger charge is -2.35. The molecule has 1 aromatic rings. The zero-order chi connectivity index (χ0) is 15.6. The van der Waals surface area contributed by atoms with Crippen molar-refractivity contribution in [2.75, 3.05) is 26.2 Å². The summed E-state index contributed by atoms with van der Waals surface area (Å²) in [7, 11) is 0. The number of amides is 2. The first-order valence-electron chi connectivity index (χ1n) is 6.90. The molecule has 4 nitrogen and oxygen atoms in total. The predicted molar refractivity (Wildman–Crippen MR) is 83.7 cm³/mol. The Morgan fingerprint density at radius 2 is 1.52 bits per heavy atom. The highest BCUT2D eigenvalue weighted by Crippen LogP contribution is 2.32. The lowest BCUT2D eigenvalue weighted by molar-refractivity contribution is -0.139. The summed E-state index contributed by atoms with van der Waals surface area (Å²) in [6.45, 7) is 5.60. The molecule has 0 spiro atoms. The van der Waals surface area contributed by atoms with Crippen molar-refractivity contribution >= 4 is 35.0 Å². The van der Waals surface area contributed by atoms with Crippen LogP contribution in [0, 0.1) is 0 Å². The zero-order valence-corrected chi connectivity index (χ0v) is 13.6. The Balaban J connectivity index is 2.09. The molecule has 1 aromatic carbocycles. The molecule has 1 aliphatic rings. The van der Waals surface area contributed by atoms with E-state index in [0.717, 1.165) is 0 Å². The summed E-state index contributed by atoms with van der Waals surface area (Å²) in [6.07, 6.45) is 0. The molecule has 114 valence electrons. The average molecular weight is 329 g/mol. The monoisotopic (exact) mass is 328 g/mol. The Morgan fingerprint density at radius 3 is 2.00 bits per heavy atom. The van der Waals surface area contributed by atoms with Crippen LogP contribution >= 0.6 is 23.2 Å². The first kappa shape index (κ1) is 16.1. The number of halogens is 2. The predicted octanol–water partition coefficient (Wildman–Crippen LogP) is 2.79. The molecule has 0 saturated carbocycles. The number of hydrogen-bond donors (Lipinski definition) is 0. The molecule has 0 aliphatic carbocycles. The van der Waals surface area contributed by atoms with Crippen molar-refractivity contribution in [1.82, 2.24) is 9.80 Å². The number of nitrogens with zero attached hydrogens (tertiary/aromatic N) is 2. The van der Waals surface area contributed by atoms with E-state index in [0.29, 0.717) is 41.8 Å². The third-order valence-corrected chi connectivity index (χ3v) is 4.50. The van der Waals surface area contributed by atoms with E-state index in [1.54, 1.807) is 34.9 Å². The Morgan fingerprint density at radius 1 is 1.05 bits per heavy atom. The van der Waals surface area contributed by atoms with Crippen LogP contribution < -0.4 is 0 Å². The van der Waals surface area contributed by atoms with Crippen LogP contribution in [-0.2, 0) is 9.59 Å². The van der Waals surface area contributed by atoms with Gasteiger partial charge in [0, 0.05) is 48.7 Å². The van der Waals surface area contributed by atoms with Gasteiger partial charge in [-0.1, -0.05) is 29.3 Å². The lowest BCUT2D eigenvalue weighted by atomic mass is 9.99. The van der Waals surface area contributed by atoms with Gasteiger partial charge in [-0.2, -0.15) is 0 Å². The van der Waals surface area contributed by atoms with Crippen molar-refractivity contribution in [3.05, 3.63) is 33.8 Å². The average Bonchev–Trinajstić information content (AvgIpc) is 2.46. The quantitative estimate of drug-likeness (QED) is 0.837. The maximum Gasteiger partial charge on any atom is 0.230 e. The standard InChI is InChI=1S/C15H18Cl2N2O2/c1-10(14-12(16)4-3-5-13(14)17)15(21)19-8-6-18(7-9-19)11(2)20/h3-5,10H,6-9H2,1-2H3/t10-/m0/s1. The van der Waals surface area contributed by atoms with Gasteiger partial charge in [0.15, 0.2) is 0 Å². The molecule has 0 N–H and O–H groups in total. The van der Waals surface area contributed by atoms with E-state index in [1.165, 1.54) is 0 Å². The SMILES string of the molecule is CC(=O)N1CCN(C(=O)[C@@H](C)c2c(Cl)cccc2Cl)CC1. The summed E-state index contributed by atoms with van der Waals surface area (Å²) in [5.74, 6) is -0.354. The minimum atomic E-state index is -0.393. The Bertz CT molecular complexity index is 534. The highest BCUT2D eigenvalue weighted by atomic mass is 35.5. The van der Waals surface area contributed by atoms with E-state index < -0.39 is 5.92 Å². The van der Waals surface area contributed by atoms with Crippen LogP contribution in [0.4, 0.5) is 0 Å². The number of rotatable bonds is 2. The van der Waals surface area contributed by atoms with E-state index in [4.69, 9.17) is 23.2 Å². The largest absolute Gasteiger partial charge is 0.339 e. The fourth-order valence-electron chi connectivity index (χ4n) is 2.56. The first-order chi connectivity index (χ1) is 9.91. The summed E-state index contributed by atoms with van der Waals surface area (Å²) in [6, 6.07) is 5.23. The summed E-state index contributed by atoms with van der Waals surface area (Å²) < 4.78 is 0. The number of carbonyl (C=O) groups excluding carboxylic acids is 2. The van der Waals surface area contributed by atoms with E-state index >= 15 is 0 Å². The Kier molecular flexibility index (Phi) is 5.12. The van der Waals surface area contributed by atoms with Gasteiger partial charge >= 0.3 is 0 Å². The second-order valence-electron chi connectivity index (χ2n) is 5.19. The van der Waals surface area contributed by atoms with Crippen molar-refractivity contribution in [2.45, 2.75) is 19.8 Å². The van der Waals surface area contributed by atoms with Crippen LogP contribution in [0.2, 0.25) is 10.0 Å². The van der Waals surface area contributed by atoms with E-state index in [9.17, 15) is 9.59 Å². The highest BCUT2D eigenvalue weighted by molar-refractivity contribution is 6.36. The van der Waals surface area contributed by atoms with Gasteiger partial charge in [-0.15, -0.1) is 0 Å². The third-order valence-electron chi connectivity index (χ3n) is 3.84. The molecule has 1 heterocycles. The van der Waals surface area contributed by atoms with Crippen LogP contribution in [-0.4, -0.2) is 47.8 Å². The van der Waals surface area contributed by atoms with E-state index in [2.05, 4.69) is 0 Å². The van der Waals surface area contributed by atoms with Crippen LogP contribution in [0.15, 0.2) is 18.2 Å². The summed E-state index contributed by atoms with van der Waals surface area (Å²) >= 11 is 12.3. The molecule has 0 aromatic heterocycles. The molecular weight excluding hydrogens is 311 g/mol. The molecule has 2 rings (SSSR count). The maximum atomic E-state index is 12.6. The van der Waals surface area contributed by atoms with Crippen LogP contribution in [0.25, 0.3) is 0 Å². The van der Waals surface area contributed by atoms with Gasteiger partial charge in [0.1, 0.15) is 0 Å². The van der Waals surface area contributed by atoms with Gasteiger partial charge in [0.25, 0.3) is 0 Å². The Labute approximate surface area is 134 Å². The van der Waals surface area contributed by atoms with E-state index in [1.807, 2.05) is 6.92 Å². The fraction of sp³-hybridized carbons (Fsp3) is 0.467. The molecule has 0 bridgehead atoms. The molecule has 0 unspecified atom stereocenters. The maximum absolute atomic E-state index is 12.6. The number of benzene rings is 1. The number of carbonyl (C=O) groups is 2. The minimum absolute atomic E-state index is 0.00629. The third kappa shape index (κ3) is 3.50. The molecule has 1 saturated heterocycles. The molecule has 0 radical (unpaired) electrons. The normalized spacial score (nSPS) is 16.8. The zero-order valence-electron chi connectivity index (χ0n) is 12.1. The smallest absolute Gasteiger partial charge is 0.230 e. The van der Waals surface area contributed by atoms with Crippen molar-refractivity contribution in [3.8, 4) is 0 Å². The molecule has 1 atom stereocenters. The topological polar surface area (TPSA) is 40.6 Å². The Hall–Kier alpha value is -1.26. The van der Waals surface area contributed by atoms with Gasteiger partial charge < -0.3 is 9.80 Å². The van der Waals surface area contributed by atoms with Gasteiger partial charge in [-0.25, -0.2) is 0 Å². The lowest BCUT2D eigenvalue weighted by Crippen LogP contribution is -2.51. The summed E-state index contributed by atoms with van der Waals surface area (Å²) in [5, 5.41) is 1.01. The van der Waals surface area contributed by atoms with E-state index in [-0.39, 0.29) is 11.8 Å². The van der Waals surface area contributed by atoms with Gasteiger partial charge in [0.2, 0.25) is 11.8 Å². The second kappa shape index (κ2) is 6.67.